The standard InChI is InChI=1S/C14H19ClN4/c1-4-5-16-8-12-7-13(15)14(17-9-12)19-11(3)6-10(2)18-19/h6-7,9,16H,4-5,8H2,1-3H3. The molecule has 1 N–H and O–H groups in total. The van der Waals surface area contributed by atoms with Gasteiger partial charge in [-0.1, -0.05) is 18.5 Å². The minimum absolute atomic E-state index is 0.627. The maximum Gasteiger partial charge on any atom is 0.172 e. The van der Waals surface area contributed by atoms with Crippen LogP contribution in [-0.2, 0) is 6.54 Å². The second-order valence-electron chi connectivity index (χ2n) is 4.66. The molecule has 0 spiro atoms. The Bertz CT molecular complexity index is 563. The maximum absolute atomic E-state index is 6.31. The van der Waals surface area contributed by atoms with Crippen LogP contribution in [0.4, 0.5) is 0 Å². The maximum atomic E-state index is 6.31. The molecule has 2 aromatic heterocycles. The molecular weight excluding hydrogens is 260 g/mol. The molecule has 0 atom stereocenters. The molecule has 2 heterocycles. The molecule has 0 aromatic carbocycles. The summed E-state index contributed by atoms with van der Waals surface area (Å²) in [5.74, 6) is 0.687. The van der Waals surface area contributed by atoms with Crippen LogP contribution in [0.3, 0.4) is 0 Å². The molecule has 0 amide bonds. The van der Waals surface area contributed by atoms with Gasteiger partial charge in [0.15, 0.2) is 5.82 Å². The largest absolute Gasteiger partial charge is 0.313 e. The second kappa shape index (κ2) is 6.17. The Hall–Kier alpha value is -1.39. The molecule has 0 saturated heterocycles. The Kier molecular flexibility index (Phi) is 4.56. The average molecular weight is 279 g/mol. The van der Waals surface area contributed by atoms with Crippen molar-refractivity contribution in [2.24, 2.45) is 0 Å². The normalized spacial score (nSPS) is 10.9. The van der Waals surface area contributed by atoms with Crippen LogP contribution in [0, 0.1) is 13.8 Å². The summed E-state index contributed by atoms with van der Waals surface area (Å²) in [6.07, 6.45) is 2.96. The third-order valence-electron chi connectivity index (χ3n) is 2.84. The highest BCUT2D eigenvalue weighted by Gasteiger charge is 2.10. The fourth-order valence-electron chi connectivity index (χ4n) is 1.98. The molecule has 0 bridgehead atoms. The van der Waals surface area contributed by atoms with Gasteiger partial charge < -0.3 is 5.32 Å². The van der Waals surface area contributed by atoms with E-state index in [2.05, 4.69) is 22.3 Å². The number of nitrogens with one attached hydrogen (secondary N) is 1. The minimum atomic E-state index is 0.627. The van der Waals surface area contributed by atoms with Crippen molar-refractivity contribution >= 4 is 11.6 Å². The zero-order valence-corrected chi connectivity index (χ0v) is 12.3. The van der Waals surface area contributed by atoms with E-state index in [9.17, 15) is 0 Å². The number of nitrogens with zero attached hydrogens (tertiary/aromatic N) is 3. The van der Waals surface area contributed by atoms with E-state index in [1.165, 1.54) is 0 Å². The third kappa shape index (κ3) is 3.33. The van der Waals surface area contributed by atoms with Gasteiger partial charge in [-0.15, -0.1) is 0 Å². The fraction of sp³-hybridized carbons (Fsp3) is 0.429. The van der Waals surface area contributed by atoms with Gasteiger partial charge in [-0.25, -0.2) is 9.67 Å². The van der Waals surface area contributed by atoms with E-state index in [0.717, 1.165) is 36.5 Å². The molecule has 102 valence electrons. The number of rotatable bonds is 5. The van der Waals surface area contributed by atoms with Gasteiger partial charge in [0.2, 0.25) is 0 Å². The first-order valence-corrected chi connectivity index (χ1v) is 6.88. The number of aromatic nitrogens is 3. The summed E-state index contributed by atoms with van der Waals surface area (Å²) in [6.45, 7) is 7.88. The van der Waals surface area contributed by atoms with Crippen LogP contribution in [0.15, 0.2) is 18.3 Å². The molecular formula is C14H19ClN4. The van der Waals surface area contributed by atoms with Gasteiger partial charge in [0.25, 0.3) is 0 Å². The van der Waals surface area contributed by atoms with Crippen LogP contribution in [0.5, 0.6) is 0 Å². The summed E-state index contributed by atoms with van der Waals surface area (Å²) < 4.78 is 1.78. The monoisotopic (exact) mass is 278 g/mol. The first-order chi connectivity index (χ1) is 9.11. The summed E-state index contributed by atoms with van der Waals surface area (Å²) in [6, 6.07) is 3.96. The Morgan fingerprint density at radius 2 is 2.11 bits per heavy atom. The number of hydrogen-bond donors (Lipinski definition) is 1. The van der Waals surface area contributed by atoms with E-state index in [0.29, 0.717) is 10.8 Å². The highest BCUT2D eigenvalue weighted by atomic mass is 35.5. The topological polar surface area (TPSA) is 42.7 Å². The van der Waals surface area contributed by atoms with E-state index in [1.807, 2.05) is 32.2 Å². The molecule has 0 fully saturated rings. The predicted molar refractivity (Wildman–Crippen MR) is 77.8 cm³/mol. The molecule has 0 unspecified atom stereocenters. The fourth-order valence-corrected chi connectivity index (χ4v) is 2.24. The van der Waals surface area contributed by atoms with Crippen LogP contribution in [-0.4, -0.2) is 21.3 Å². The highest BCUT2D eigenvalue weighted by Crippen LogP contribution is 2.20. The molecule has 0 aliphatic carbocycles. The van der Waals surface area contributed by atoms with Crippen LogP contribution in [0.1, 0.15) is 30.3 Å². The quantitative estimate of drug-likeness (QED) is 0.855. The number of pyridine rings is 1. The van der Waals surface area contributed by atoms with Crippen molar-refractivity contribution in [2.45, 2.75) is 33.7 Å². The highest BCUT2D eigenvalue weighted by molar-refractivity contribution is 6.32. The van der Waals surface area contributed by atoms with E-state index >= 15 is 0 Å². The van der Waals surface area contributed by atoms with Crippen molar-refractivity contribution in [1.82, 2.24) is 20.1 Å². The summed E-state index contributed by atoms with van der Waals surface area (Å²) >= 11 is 6.31. The third-order valence-corrected chi connectivity index (χ3v) is 3.12. The Morgan fingerprint density at radius 3 is 2.68 bits per heavy atom. The van der Waals surface area contributed by atoms with Gasteiger partial charge in [0, 0.05) is 18.4 Å². The zero-order valence-electron chi connectivity index (χ0n) is 11.6. The molecule has 2 aromatic rings. The first-order valence-electron chi connectivity index (χ1n) is 6.50. The molecule has 4 nitrogen and oxygen atoms in total. The van der Waals surface area contributed by atoms with E-state index < -0.39 is 0 Å². The van der Waals surface area contributed by atoms with Crippen molar-refractivity contribution in [3.8, 4) is 5.82 Å². The molecule has 0 radical (unpaired) electrons. The summed E-state index contributed by atoms with van der Waals surface area (Å²) in [5.41, 5.74) is 3.08. The lowest BCUT2D eigenvalue weighted by molar-refractivity contribution is 0.673. The van der Waals surface area contributed by atoms with Crippen LogP contribution < -0.4 is 5.32 Å². The number of aryl methyl sites for hydroxylation is 2. The van der Waals surface area contributed by atoms with Gasteiger partial charge in [0.1, 0.15) is 0 Å². The Morgan fingerprint density at radius 1 is 1.32 bits per heavy atom. The van der Waals surface area contributed by atoms with Crippen LogP contribution in [0.25, 0.3) is 5.82 Å². The SMILES string of the molecule is CCCNCc1cnc(-n2nc(C)cc2C)c(Cl)c1. The summed E-state index contributed by atoms with van der Waals surface area (Å²) in [5, 5.41) is 8.36. The molecule has 19 heavy (non-hydrogen) atoms. The van der Waals surface area contributed by atoms with Crippen molar-refractivity contribution < 1.29 is 0 Å². The molecule has 0 saturated carbocycles. The Balaban J connectivity index is 2.22. The number of hydrogen-bond acceptors (Lipinski definition) is 3. The van der Waals surface area contributed by atoms with E-state index in [1.54, 1.807) is 4.68 Å². The molecule has 0 aliphatic heterocycles. The zero-order chi connectivity index (χ0) is 13.8. The van der Waals surface area contributed by atoms with Gasteiger partial charge in [-0.05, 0) is 44.5 Å². The smallest absolute Gasteiger partial charge is 0.172 e. The first kappa shape index (κ1) is 14.0. The van der Waals surface area contributed by atoms with Crippen LogP contribution >= 0.6 is 11.6 Å². The number of halogens is 1. The van der Waals surface area contributed by atoms with Crippen molar-refractivity contribution in [2.75, 3.05) is 6.54 Å². The van der Waals surface area contributed by atoms with Gasteiger partial charge in [0.05, 0.1) is 10.7 Å². The lowest BCUT2D eigenvalue weighted by Gasteiger charge is -2.08. The lowest BCUT2D eigenvalue weighted by Crippen LogP contribution is -2.14. The summed E-state index contributed by atoms with van der Waals surface area (Å²) in [7, 11) is 0. The van der Waals surface area contributed by atoms with Gasteiger partial charge in [-0.3, -0.25) is 0 Å². The van der Waals surface area contributed by atoms with E-state index in [-0.39, 0.29) is 0 Å². The molecule has 2 rings (SSSR count). The van der Waals surface area contributed by atoms with Crippen molar-refractivity contribution in [1.29, 1.82) is 0 Å². The predicted octanol–water partition coefficient (Wildman–Crippen LogP) is 3.04. The van der Waals surface area contributed by atoms with E-state index in [4.69, 9.17) is 11.6 Å². The van der Waals surface area contributed by atoms with Gasteiger partial charge >= 0.3 is 0 Å². The Labute approximate surface area is 118 Å². The van der Waals surface area contributed by atoms with Crippen molar-refractivity contribution in [3.05, 3.63) is 40.3 Å². The lowest BCUT2D eigenvalue weighted by atomic mass is 10.2. The average Bonchev–Trinajstić information content (AvgIpc) is 2.69. The minimum Gasteiger partial charge on any atom is -0.313 e. The molecule has 0 aliphatic rings. The van der Waals surface area contributed by atoms with Gasteiger partial charge in [-0.2, -0.15) is 5.10 Å². The van der Waals surface area contributed by atoms with Crippen molar-refractivity contribution in [3.63, 3.8) is 0 Å². The van der Waals surface area contributed by atoms with Crippen LogP contribution in [0.2, 0.25) is 5.02 Å². The summed E-state index contributed by atoms with van der Waals surface area (Å²) in [4.78, 5) is 4.43. The second-order valence-corrected chi connectivity index (χ2v) is 5.07. The molecule has 5 heteroatoms.